The second-order valence-corrected chi connectivity index (χ2v) is 5.23. The molecule has 0 aromatic heterocycles. The molecule has 1 aliphatic heterocycles. The fourth-order valence-corrected chi connectivity index (χ4v) is 2.68. The van der Waals surface area contributed by atoms with Crippen LogP contribution in [0.15, 0.2) is 18.2 Å². The Morgan fingerprint density at radius 2 is 2.16 bits per heavy atom. The van der Waals surface area contributed by atoms with E-state index < -0.39 is 0 Å². The second kappa shape index (κ2) is 5.11. The summed E-state index contributed by atoms with van der Waals surface area (Å²) in [6.07, 6.45) is 2.78. The fourth-order valence-electron chi connectivity index (χ4n) is 2.68. The Hall–Kier alpha value is -1.71. The number of Topliss-reactive ketones (excluding diaryl/α,β-unsaturated/α-hetero) is 1. The Morgan fingerprint density at radius 3 is 3.05 bits per heavy atom. The SMILES string of the molecule is CC1C(=O)CCCC1COc1ccc2c(c1)OCO2. The first kappa shape index (κ1) is 12.3. The minimum absolute atomic E-state index is 0.114. The van der Waals surface area contributed by atoms with Gasteiger partial charge in [0.05, 0.1) is 6.61 Å². The first-order valence-corrected chi connectivity index (χ1v) is 6.79. The summed E-state index contributed by atoms with van der Waals surface area (Å²) in [5, 5.41) is 0. The molecule has 0 spiro atoms. The van der Waals surface area contributed by atoms with Crippen molar-refractivity contribution >= 4 is 5.78 Å². The van der Waals surface area contributed by atoms with Crippen molar-refractivity contribution in [2.75, 3.05) is 13.4 Å². The van der Waals surface area contributed by atoms with E-state index in [1.165, 1.54) is 0 Å². The number of hydrogen-bond donors (Lipinski definition) is 0. The molecule has 1 saturated carbocycles. The molecule has 1 fully saturated rings. The van der Waals surface area contributed by atoms with Crippen LogP contribution in [0.25, 0.3) is 0 Å². The van der Waals surface area contributed by atoms with E-state index in [1.807, 2.05) is 25.1 Å². The monoisotopic (exact) mass is 262 g/mol. The number of ether oxygens (including phenoxy) is 3. The zero-order chi connectivity index (χ0) is 13.2. The molecular weight excluding hydrogens is 244 g/mol. The number of hydrogen-bond acceptors (Lipinski definition) is 4. The maximum absolute atomic E-state index is 11.7. The van der Waals surface area contributed by atoms with Crippen LogP contribution in [-0.4, -0.2) is 19.2 Å². The molecule has 2 unspecified atom stereocenters. The van der Waals surface area contributed by atoms with Gasteiger partial charge in [0.1, 0.15) is 11.5 Å². The number of carbonyl (C=O) groups excluding carboxylic acids is 1. The molecule has 2 atom stereocenters. The van der Waals surface area contributed by atoms with E-state index in [0.29, 0.717) is 18.3 Å². The van der Waals surface area contributed by atoms with Gasteiger partial charge in [-0.2, -0.15) is 0 Å². The average molecular weight is 262 g/mol. The van der Waals surface area contributed by atoms with Gasteiger partial charge in [0.2, 0.25) is 6.79 Å². The highest BCUT2D eigenvalue weighted by molar-refractivity contribution is 5.81. The van der Waals surface area contributed by atoms with Gasteiger partial charge in [-0.1, -0.05) is 6.92 Å². The standard InChI is InChI=1S/C15H18O4/c1-10-11(3-2-4-13(10)16)8-17-12-5-6-14-15(7-12)19-9-18-14/h5-7,10-11H,2-4,8-9H2,1H3. The van der Waals surface area contributed by atoms with Crippen molar-refractivity contribution in [2.24, 2.45) is 11.8 Å². The molecule has 19 heavy (non-hydrogen) atoms. The summed E-state index contributed by atoms with van der Waals surface area (Å²) in [5.41, 5.74) is 0. The molecule has 1 aromatic carbocycles. The molecule has 0 amide bonds. The Bertz CT molecular complexity index is 483. The Morgan fingerprint density at radius 1 is 1.32 bits per heavy atom. The van der Waals surface area contributed by atoms with E-state index >= 15 is 0 Å². The molecule has 0 bridgehead atoms. The normalized spacial score (nSPS) is 25.4. The van der Waals surface area contributed by atoms with Crippen LogP contribution < -0.4 is 14.2 Å². The van der Waals surface area contributed by atoms with Crippen molar-refractivity contribution in [3.63, 3.8) is 0 Å². The third-order valence-electron chi connectivity index (χ3n) is 4.02. The average Bonchev–Trinajstić information content (AvgIpc) is 2.88. The summed E-state index contributed by atoms with van der Waals surface area (Å²) < 4.78 is 16.4. The van der Waals surface area contributed by atoms with Gasteiger partial charge in [0, 0.05) is 24.3 Å². The van der Waals surface area contributed by atoms with Crippen molar-refractivity contribution < 1.29 is 19.0 Å². The van der Waals surface area contributed by atoms with Gasteiger partial charge in [-0.3, -0.25) is 4.79 Å². The van der Waals surface area contributed by atoms with Crippen LogP contribution in [0.1, 0.15) is 26.2 Å². The largest absolute Gasteiger partial charge is 0.493 e. The predicted octanol–water partition coefficient (Wildman–Crippen LogP) is 2.80. The highest BCUT2D eigenvalue weighted by atomic mass is 16.7. The van der Waals surface area contributed by atoms with Gasteiger partial charge in [0.15, 0.2) is 11.5 Å². The highest BCUT2D eigenvalue weighted by Gasteiger charge is 2.28. The van der Waals surface area contributed by atoms with Crippen molar-refractivity contribution in [3.8, 4) is 17.2 Å². The summed E-state index contributed by atoms with van der Waals surface area (Å²) >= 11 is 0. The van der Waals surface area contributed by atoms with E-state index in [1.54, 1.807) is 0 Å². The topological polar surface area (TPSA) is 44.8 Å². The van der Waals surface area contributed by atoms with Gasteiger partial charge < -0.3 is 14.2 Å². The molecule has 3 rings (SSSR count). The maximum Gasteiger partial charge on any atom is 0.231 e. The first-order valence-electron chi connectivity index (χ1n) is 6.79. The molecule has 1 aliphatic carbocycles. The van der Waals surface area contributed by atoms with Crippen LogP contribution in [0.4, 0.5) is 0 Å². The van der Waals surface area contributed by atoms with Crippen LogP contribution >= 0.6 is 0 Å². The zero-order valence-corrected chi connectivity index (χ0v) is 11.1. The highest BCUT2D eigenvalue weighted by Crippen LogP contribution is 2.35. The summed E-state index contributed by atoms with van der Waals surface area (Å²) in [7, 11) is 0. The predicted molar refractivity (Wildman–Crippen MR) is 69.6 cm³/mol. The quantitative estimate of drug-likeness (QED) is 0.840. The number of benzene rings is 1. The molecule has 102 valence electrons. The molecule has 4 nitrogen and oxygen atoms in total. The summed E-state index contributed by atoms with van der Waals surface area (Å²) in [5.74, 6) is 3.06. The minimum Gasteiger partial charge on any atom is -0.493 e. The second-order valence-electron chi connectivity index (χ2n) is 5.23. The minimum atomic E-state index is 0.114. The zero-order valence-electron chi connectivity index (χ0n) is 11.1. The van der Waals surface area contributed by atoms with E-state index in [2.05, 4.69) is 0 Å². The van der Waals surface area contributed by atoms with Crippen LogP contribution in [0.3, 0.4) is 0 Å². The van der Waals surface area contributed by atoms with Gasteiger partial charge in [-0.25, -0.2) is 0 Å². The Balaban J connectivity index is 1.61. The third-order valence-corrected chi connectivity index (χ3v) is 4.02. The van der Waals surface area contributed by atoms with Crippen LogP contribution in [-0.2, 0) is 4.79 Å². The van der Waals surface area contributed by atoms with E-state index in [9.17, 15) is 4.79 Å². The summed E-state index contributed by atoms with van der Waals surface area (Å²) in [6.45, 7) is 2.87. The number of ketones is 1. The maximum atomic E-state index is 11.7. The fraction of sp³-hybridized carbons (Fsp3) is 0.533. The van der Waals surface area contributed by atoms with Crippen molar-refractivity contribution in [1.29, 1.82) is 0 Å². The summed E-state index contributed by atoms with van der Waals surface area (Å²) in [6, 6.07) is 5.58. The van der Waals surface area contributed by atoms with Crippen molar-refractivity contribution in [2.45, 2.75) is 26.2 Å². The van der Waals surface area contributed by atoms with Crippen molar-refractivity contribution in [1.82, 2.24) is 0 Å². The molecule has 4 heteroatoms. The summed E-state index contributed by atoms with van der Waals surface area (Å²) in [4.78, 5) is 11.7. The van der Waals surface area contributed by atoms with Crippen molar-refractivity contribution in [3.05, 3.63) is 18.2 Å². The molecule has 1 aromatic rings. The smallest absolute Gasteiger partial charge is 0.231 e. The molecule has 0 N–H and O–H groups in total. The third kappa shape index (κ3) is 2.53. The van der Waals surface area contributed by atoms with Crippen LogP contribution in [0, 0.1) is 11.8 Å². The molecule has 0 saturated heterocycles. The number of fused-ring (bicyclic) bond motifs is 1. The number of rotatable bonds is 3. The Labute approximate surface area is 112 Å². The van der Waals surface area contributed by atoms with Crippen LogP contribution in [0.2, 0.25) is 0 Å². The lowest BCUT2D eigenvalue weighted by Crippen LogP contribution is -2.30. The molecule has 1 heterocycles. The van der Waals surface area contributed by atoms with Gasteiger partial charge in [0.25, 0.3) is 0 Å². The van der Waals surface area contributed by atoms with E-state index in [4.69, 9.17) is 14.2 Å². The van der Waals surface area contributed by atoms with Gasteiger partial charge >= 0.3 is 0 Å². The lowest BCUT2D eigenvalue weighted by Gasteiger charge is -2.27. The van der Waals surface area contributed by atoms with E-state index in [0.717, 1.165) is 36.5 Å². The molecule has 2 aliphatic rings. The van der Waals surface area contributed by atoms with Crippen LogP contribution in [0.5, 0.6) is 17.2 Å². The molecule has 0 radical (unpaired) electrons. The lowest BCUT2D eigenvalue weighted by atomic mass is 9.80. The van der Waals surface area contributed by atoms with E-state index in [-0.39, 0.29) is 12.7 Å². The first-order chi connectivity index (χ1) is 9.24. The van der Waals surface area contributed by atoms with Gasteiger partial charge in [-0.15, -0.1) is 0 Å². The van der Waals surface area contributed by atoms with Gasteiger partial charge in [-0.05, 0) is 25.0 Å². The number of carbonyl (C=O) groups is 1. The lowest BCUT2D eigenvalue weighted by molar-refractivity contribution is -0.126. The Kier molecular flexibility index (Phi) is 3.32. The molecular formula is C15H18O4.